The van der Waals surface area contributed by atoms with Gasteiger partial charge in [-0.25, -0.2) is 4.98 Å². The Morgan fingerprint density at radius 1 is 1.22 bits per heavy atom. The van der Waals surface area contributed by atoms with Crippen LogP contribution in [0, 0.1) is 18.3 Å². The minimum absolute atomic E-state index is 0.243. The van der Waals surface area contributed by atoms with E-state index in [1.807, 2.05) is 30.5 Å². The predicted molar refractivity (Wildman–Crippen MR) is 89.2 cm³/mol. The molecule has 2 aromatic heterocycles. The summed E-state index contributed by atoms with van der Waals surface area (Å²) in [5, 5.41) is 12.2. The number of ketones is 1. The Balaban J connectivity index is 1.87. The SMILES string of the molecule is Cc1csc(-c2ccc(C(=O)[C@@H](C#N)c3ccccn3)cc2)n1. The molecule has 0 amide bonds. The topological polar surface area (TPSA) is 66.6 Å². The molecule has 2 heterocycles. The number of carbonyl (C=O) groups excluding carboxylic acids is 1. The van der Waals surface area contributed by atoms with Gasteiger partial charge < -0.3 is 0 Å². The summed E-state index contributed by atoms with van der Waals surface area (Å²) < 4.78 is 0. The monoisotopic (exact) mass is 319 g/mol. The average Bonchev–Trinajstić information content (AvgIpc) is 3.03. The normalized spacial score (nSPS) is 11.7. The molecule has 23 heavy (non-hydrogen) atoms. The molecule has 0 spiro atoms. The number of nitriles is 1. The number of benzene rings is 1. The van der Waals surface area contributed by atoms with Gasteiger partial charge in [0.15, 0.2) is 11.7 Å². The fraction of sp³-hybridized carbons (Fsp3) is 0.111. The van der Waals surface area contributed by atoms with E-state index in [1.54, 1.807) is 47.9 Å². The van der Waals surface area contributed by atoms with Crippen molar-refractivity contribution in [1.29, 1.82) is 5.26 Å². The number of hydrogen-bond donors (Lipinski definition) is 0. The summed E-state index contributed by atoms with van der Waals surface area (Å²) in [5.41, 5.74) is 2.91. The van der Waals surface area contributed by atoms with Gasteiger partial charge in [0.2, 0.25) is 0 Å². The molecule has 0 N–H and O–H groups in total. The molecule has 0 unspecified atom stereocenters. The van der Waals surface area contributed by atoms with E-state index in [0.29, 0.717) is 11.3 Å². The van der Waals surface area contributed by atoms with Crippen LogP contribution in [0.4, 0.5) is 0 Å². The van der Waals surface area contributed by atoms with E-state index in [9.17, 15) is 10.1 Å². The number of Topliss-reactive ketones (excluding diaryl/α,β-unsaturated/α-hetero) is 1. The van der Waals surface area contributed by atoms with Crippen molar-refractivity contribution in [2.75, 3.05) is 0 Å². The molecule has 0 bridgehead atoms. The first kappa shape index (κ1) is 15.1. The molecule has 3 rings (SSSR count). The number of aryl methyl sites for hydroxylation is 1. The molecule has 0 aliphatic carbocycles. The van der Waals surface area contributed by atoms with Crippen LogP contribution in [0.25, 0.3) is 10.6 Å². The van der Waals surface area contributed by atoms with Gasteiger partial charge in [0, 0.05) is 28.4 Å². The van der Waals surface area contributed by atoms with E-state index >= 15 is 0 Å². The van der Waals surface area contributed by atoms with Gasteiger partial charge in [-0.1, -0.05) is 30.3 Å². The van der Waals surface area contributed by atoms with Gasteiger partial charge in [-0.2, -0.15) is 5.26 Å². The molecule has 0 aliphatic rings. The summed E-state index contributed by atoms with van der Waals surface area (Å²) >= 11 is 1.57. The second kappa shape index (κ2) is 6.51. The summed E-state index contributed by atoms with van der Waals surface area (Å²) in [7, 11) is 0. The zero-order chi connectivity index (χ0) is 16.2. The molecular formula is C18H13N3OS. The highest BCUT2D eigenvalue weighted by atomic mass is 32.1. The van der Waals surface area contributed by atoms with Crippen molar-refractivity contribution in [2.45, 2.75) is 12.8 Å². The Hall–Kier alpha value is -2.84. The molecule has 0 aliphatic heterocycles. The van der Waals surface area contributed by atoms with Crippen LogP contribution in [0.2, 0.25) is 0 Å². The molecule has 0 fully saturated rings. The van der Waals surface area contributed by atoms with E-state index in [1.165, 1.54) is 0 Å². The van der Waals surface area contributed by atoms with Gasteiger partial charge in [-0.15, -0.1) is 11.3 Å². The van der Waals surface area contributed by atoms with Crippen LogP contribution >= 0.6 is 11.3 Å². The zero-order valence-electron chi connectivity index (χ0n) is 12.4. The molecule has 0 radical (unpaired) electrons. The van der Waals surface area contributed by atoms with Gasteiger partial charge in [-0.3, -0.25) is 9.78 Å². The maximum Gasteiger partial charge on any atom is 0.186 e. The maximum absolute atomic E-state index is 12.6. The van der Waals surface area contributed by atoms with Gasteiger partial charge in [0.05, 0.1) is 11.8 Å². The van der Waals surface area contributed by atoms with E-state index in [4.69, 9.17) is 0 Å². The van der Waals surface area contributed by atoms with Crippen molar-refractivity contribution in [3.63, 3.8) is 0 Å². The third-order valence-corrected chi connectivity index (χ3v) is 4.42. The molecule has 0 saturated carbocycles. The smallest absolute Gasteiger partial charge is 0.186 e. The lowest BCUT2D eigenvalue weighted by Crippen LogP contribution is -2.12. The zero-order valence-corrected chi connectivity index (χ0v) is 13.2. The Labute approximate surface area is 138 Å². The maximum atomic E-state index is 12.6. The third kappa shape index (κ3) is 3.17. The lowest BCUT2D eigenvalue weighted by Gasteiger charge is -2.08. The molecule has 112 valence electrons. The summed E-state index contributed by atoms with van der Waals surface area (Å²) in [6, 6.07) is 14.5. The molecular weight excluding hydrogens is 306 g/mol. The minimum atomic E-state index is -0.885. The lowest BCUT2D eigenvalue weighted by atomic mass is 9.95. The fourth-order valence-corrected chi connectivity index (χ4v) is 3.04. The lowest BCUT2D eigenvalue weighted by molar-refractivity contribution is 0.0977. The predicted octanol–water partition coefficient (Wildman–Crippen LogP) is 4.00. The first-order valence-corrected chi connectivity index (χ1v) is 7.94. The Morgan fingerprint density at radius 2 is 2.00 bits per heavy atom. The quantitative estimate of drug-likeness (QED) is 0.682. The second-order valence-corrected chi connectivity index (χ2v) is 5.91. The Bertz CT molecular complexity index is 863. The van der Waals surface area contributed by atoms with Crippen molar-refractivity contribution < 1.29 is 4.79 Å². The number of carbonyl (C=O) groups is 1. The molecule has 5 heteroatoms. The van der Waals surface area contributed by atoms with E-state index in [-0.39, 0.29) is 5.78 Å². The highest BCUT2D eigenvalue weighted by Gasteiger charge is 2.22. The molecule has 0 saturated heterocycles. The number of hydrogen-bond acceptors (Lipinski definition) is 5. The van der Waals surface area contributed by atoms with Crippen LogP contribution < -0.4 is 0 Å². The first-order valence-electron chi connectivity index (χ1n) is 7.06. The average molecular weight is 319 g/mol. The Kier molecular flexibility index (Phi) is 4.26. The fourth-order valence-electron chi connectivity index (χ4n) is 2.24. The Morgan fingerprint density at radius 3 is 2.57 bits per heavy atom. The highest BCUT2D eigenvalue weighted by molar-refractivity contribution is 7.13. The minimum Gasteiger partial charge on any atom is -0.292 e. The highest BCUT2D eigenvalue weighted by Crippen LogP contribution is 2.25. The van der Waals surface area contributed by atoms with Crippen molar-refractivity contribution in [2.24, 2.45) is 0 Å². The van der Waals surface area contributed by atoms with Crippen LogP contribution in [-0.2, 0) is 0 Å². The van der Waals surface area contributed by atoms with Crippen LogP contribution in [0.3, 0.4) is 0 Å². The summed E-state index contributed by atoms with van der Waals surface area (Å²) in [5.74, 6) is -1.13. The largest absolute Gasteiger partial charge is 0.292 e. The number of nitrogens with zero attached hydrogens (tertiary/aromatic N) is 3. The molecule has 4 nitrogen and oxygen atoms in total. The molecule has 1 atom stereocenters. The second-order valence-electron chi connectivity index (χ2n) is 5.05. The van der Waals surface area contributed by atoms with Crippen LogP contribution in [0.15, 0.2) is 54.0 Å². The number of aromatic nitrogens is 2. The van der Waals surface area contributed by atoms with Gasteiger partial charge in [-0.05, 0) is 19.1 Å². The van der Waals surface area contributed by atoms with Crippen LogP contribution in [-0.4, -0.2) is 15.8 Å². The van der Waals surface area contributed by atoms with Crippen LogP contribution in [0.5, 0.6) is 0 Å². The van der Waals surface area contributed by atoms with Gasteiger partial charge in [0.25, 0.3) is 0 Å². The summed E-state index contributed by atoms with van der Waals surface area (Å²) in [4.78, 5) is 21.1. The summed E-state index contributed by atoms with van der Waals surface area (Å²) in [6.45, 7) is 1.95. The van der Waals surface area contributed by atoms with Crippen molar-refractivity contribution in [3.8, 4) is 16.6 Å². The van der Waals surface area contributed by atoms with E-state index in [0.717, 1.165) is 16.3 Å². The van der Waals surface area contributed by atoms with Crippen molar-refractivity contribution in [3.05, 3.63) is 71.0 Å². The van der Waals surface area contributed by atoms with Crippen LogP contribution in [0.1, 0.15) is 27.7 Å². The van der Waals surface area contributed by atoms with Gasteiger partial charge >= 0.3 is 0 Å². The van der Waals surface area contributed by atoms with Crippen molar-refractivity contribution in [1.82, 2.24) is 9.97 Å². The number of thiazole rings is 1. The molecule has 3 aromatic rings. The first-order chi connectivity index (χ1) is 11.2. The summed E-state index contributed by atoms with van der Waals surface area (Å²) in [6.07, 6.45) is 1.58. The van der Waals surface area contributed by atoms with Gasteiger partial charge in [0.1, 0.15) is 5.01 Å². The van der Waals surface area contributed by atoms with E-state index in [2.05, 4.69) is 9.97 Å². The number of rotatable bonds is 4. The van der Waals surface area contributed by atoms with E-state index < -0.39 is 5.92 Å². The standard InChI is InChI=1S/C18H13N3OS/c1-12-11-23-18(21-12)14-7-5-13(6-8-14)17(22)15(10-19)16-4-2-3-9-20-16/h2-9,11,15H,1H3/t15-/m0/s1. The number of pyridine rings is 1. The molecule has 1 aromatic carbocycles. The third-order valence-electron chi connectivity index (χ3n) is 3.41. The van der Waals surface area contributed by atoms with Crippen molar-refractivity contribution >= 4 is 17.1 Å².